The van der Waals surface area contributed by atoms with Gasteiger partial charge in [-0.2, -0.15) is 11.8 Å². The number of guanidine groups is 1. The fourth-order valence-corrected chi connectivity index (χ4v) is 3.54. The van der Waals surface area contributed by atoms with E-state index in [9.17, 15) is 4.39 Å². The SMILES string of the molecule is CN=C(NCCCCSC)NC1CCN(Cc2ccc(F)cc2)CC1. The number of thioether (sulfide) groups is 1. The highest BCUT2D eigenvalue weighted by Crippen LogP contribution is 2.14. The van der Waals surface area contributed by atoms with Crippen molar-refractivity contribution in [2.75, 3.05) is 38.7 Å². The second-order valence-corrected chi connectivity index (χ2v) is 7.51. The quantitative estimate of drug-likeness (QED) is 0.421. The molecule has 0 aromatic heterocycles. The molecule has 1 heterocycles. The molecule has 0 saturated carbocycles. The maximum atomic E-state index is 13.0. The van der Waals surface area contributed by atoms with Gasteiger partial charge in [0.15, 0.2) is 5.96 Å². The fourth-order valence-electron chi connectivity index (χ4n) is 3.05. The second kappa shape index (κ2) is 11.4. The molecule has 0 unspecified atom stereocenters. The zero-order chi connectivity index (χ0) is 17.9. The minimum atomic E-state index is -0.168. The summed E-state index contributed by atoms with van der Waals surface area (Å²) in [5.41, 5.74) is 1.18. The first-order chi connectivity index (χ1) is 12.2. The average Bonchev–Trinajstić information content (AvgIpc) is 2.64. The number of rotatable bonds is 8. The van der Waals surface area contributed by atoms with Crippen LogP contribution in [-0.4, -0.2) is 55.6 Å². The molecule has 4 nitrogen and oxygen atoms in total. The monoisotopic (exact) mass is 366 g/mol. The Morgan fingerprint density at radius 3 is 2.60 bits per heavy atom. The number of nitrogens with one attached hydrogen (secondary N) is 2. The number of benzene rings is 1. The standard InChI is InChI=1S/C19H31FN4S/c1-21-19(22-11-3-4-14-25-2)23-18-9-12-24(13-10-18)15-16-5-7-17(20)8-6-16/h5-8,18H,3-4,9-15H2,1-2H3,(H2,21,22,23). The molecule has 6 heteroatoms. The molecule has 1 aromatic rings. The Kier molecular flexibility index (Phi) is 9.11. The van der Waals surface area contributed by atoms with Crippen LogP contribution in [0.4, 0.5) is 4.39 Å². The summed E-state index contributed by atoms with van der Waals surface area (Å²) in [5.74, 6) is 1.97. The van der Waals surface area contributed by atoms with Gasteiger partial charge in [0.2, 0.25) is 0 Å². The Labute approximate surface area is 155 Å². The van der Waals surface area contributed by atoms with Gasteiger partial charge in [0.25, 0.3) is 0 Å². The van der Waals surface area contributed by atoms with Crippen molar-refractivity contribution in [1.29, 1.82) is 0 Å². The summed E-state index contributed by atoms with van der Waals surface area (Å²) in [6, 6.07) is 7.31. The normalized spacial score (nSPS) is 16.8. The van der Waals surface area contributed by atoms with Gasteiger partial charge in [-0.25, -0.2) is 4.39 Å². The van der Waals surface area contributed by atoms with Gasteiger partial charge in [-0.05, 0) is 55.4 Å². The summed E-state index contributed by atoms with van der Waals surface area (Å²) >= 11 is 1.90. The molecule has 2 N–H and O–H groups in total. The Morgan fingerprint density at radius 1 is 1.24 bits per heavy atom. The van der Waals surface area contributed by atoms with Crippen molar-refractivity contribution < 1.29 is 4.39 Å². The topological polar surface area (TPSA) is 39.7 Å². The summed E-state index contributed by atoms with van der Waals surface area (Å²) < 4.78 is 13.0. The zero-order valence-electron chi connectivity index (χ0n) is 15.4. The molecule has 25 heavy (non-hydrogen) atoms. The first-order valence-electron chi connectivity index (χ1n) is 9.14. The maximum Gasteiger partial charge on any atom is 0.191 e. The van der Waals surface area contributed by atoms with Gasteiger partial charge in [0, 0.05) is 39.3 Å². The highest BCUT2D eigenvalue weighted by molar-refractivity contribution is 7.98. The number of likely N-dealkylation sites (tertiary alicyclic amines) is 1. The van der Waals surface area contributed by atoms with Gasteiger partial charge >= 0.3 is 0 Å². The van der Waals surface area contributed by atoms with Crippen LogP contribution in [0.15, 0.2) is 29.3 Å². The summed E-state index contributed by atoms with van der Waals surface area (Å²) in [4.78, 5) is 6.77. The van der Waals surface area contributed by atoms with Crippen molar-refractivity contribution in [3.05, 3.63) is 35.6 Å². The molecule has 0 radical (unpaired) electrons. The third kappa shape index (κ3) is 7.65. The Balaban J connectivity index is 1.65. The lowest BCUT2D eigenvalue weighted by Gasteiger charge is -2.33. The molecule has 140 valence electrons. The van der Waals surface area contributed by atoms with Crippen LogP contribution in [0.2, 0.25) is 0 Å². The minimum Gasteiger partial charge on any atom is -0.356 e. The molecule has 1 aromatic carbocycles. The Hall–Kier alpha value is -1.27. The Morgan fingerprint density at radius 2 is 1.96 bits per heavy atom. The van der Waals surface area contributed by atoms with Crippen molar-refractivity contribution >= 4 is 17.7 Å². The van der Waals surface area contributed by atoms with E-state index in [1.807, 2.05) is 30.9 Å². The van der Waals surface area contributed by atoms with Crippen molar-refractivity contribution in [3.8, 4) is 0 Å². The van der Waals surface area contributed by atoms with Gasteiger partial charge in [0.1, 0.15) is 5.82 Å². The van der Waals surface area contributed by atoms with E-state index in [1.165, 1.54) is 24.2 Å². The number of halogens is 1. The molecule has 1 fully saturated rings. The van der Waals surface area contributed by atoms with Crippen molar-refractivity contribution in [2.24, 2.45) is 4.99 Å². The predicted octanol–water partition coefficient (Wildman–Crippen LogP) is 3.10. The van der Waals surface area contributed by atoms with E-state index in [1.54, 1.807) is 12.1 Å². The minimum absolute atomic E-state index is 0.168. The van der Waals surface area contributed by atoms with Crippen LogP contribution in [0.3, 0.4) is 0 Å². The summed E-state index contributed by atoms with van der Waals surface area (Å²) in [6.45, 7) is 3.98. The summed E-state index contributed by atoms with van der Waals surface area (Å²) in [7, 11) is 1.83. The van der Waals surface area contributed by atoms with E-state index in [0.717, 1.165) is 45.0 Å². The Bertz CT molecular complexity index is 513. The van der Waals surface area contributed by atoms with Crippen LogP contribution in [-0.2, 0) is 6.54 Å². The van der Waals surface area contributed by atoms with E-state index in [-0.39, 0.29) is 5.82 Å². The molecular weight excluding hydrogens is 335 g/mol. The number of unbranched alkanes of at least 4 members (excludes halogenated alkanes) is 1. The summed E-state index contributed by atoms with van der Waals surface area (Å²) in [6.07, 6.45) is 6.78. The molecule has 2 rings (SSSR count). The van der Waals surface area contributed by atoms with Crippen LogP contribution in [0.25, 0.3) is 0 Å². The number of nitrogens with zero attached hydrogens (tertiary/aromatic N) is 2. The van der Waals surface area contributed by atoms with Gasteiger partial charge in [-0.15, -0.1) is 0 Å². The average molecular weight is 367 g/mol. The third-order valence-corrected chi connectivity index (χ3v) is 5.24. The van der Waals surface area contributed by atoms with Crippen LogP contribution >= 0.6 is 11.8 Å². The lowest BCUT2D eigenvalue weighted by atomic mass is 10.0. The predicted molar refractivity (Wildman–Crippen MR) is 107 cm³/mol. The molecule has 1 aliphatic heterocycles. The van der Waals surface area contributed by atoms with E-state index in [4.69, 9.17) is 0 Å². The lowest BCUT2D eigenvalue weighted by molar-refractivity contribution is 0.198. The van der Waals surface area contributed by atoms with Crippen LogP contribution < -0.4 is 10.6 Å². The van der Waals surface area contributed by atoms with Crippen molar-refractivity contribution in [1.82, 2.24) is 15.5 Å². The number of piperidine rings is 1. The maximum absolute atomic E-state index is 13.0. The molecule has 0 atom stereocenters. The second-order valence-electron chi connectivity index (χ2n) is 6.52. The van der Waals surface area contributed by atoms with Gasteiger partial charge in [-0.3, -0.25) is 9.89 Å². The van der Waals surface area contributed by atoms with Crippen molar-refractivity contribution in [3.63, 3.8) is 0 Å². The summed E-state index contributed by atoms with van der Waals surface area (Å²) in [5, 5.41) is 6.96. The van der Waals surface area contributed by atoms with E-state index in [0.29, 0.717) is 6.04 Å². The molecule has 1 aliphatic rings. The highest BCUT2D eigenvalue weighted by atomic mass is 32.2. The van der Waals surface area contributed by atoms with Gasteiger partial charge in [0.05, 0.1) is 0 Å². The van der Waals surface area contributed by atoms with Gasteiger partial charge < -0.3 is 10.6 Å². The van der Waals surface area contributed by atoms with Crippen LogP contribution in [0, 0.1) is 5.82 Å². The number of aliphatic imine (C=N–C) groups is 1. The van der Waals surface area contributed by atoms with E-state index in [2.05, 4.69) is 26.8 Å². The molecule has 0 aliphatic carbocycles. The first kappa shape index (κ1) is 20.0. The lowest BCUT2D eigenvalue weighted by Crippen LogP contribution is -2.48. The van der Waals surface area contributed by atoms with E-state index < -0.39 is 0 Å². The third-order valence-electron chi connectivity index (χ3n) is 4.54. The number of hydrogen-bond acceptors (Lipinski definition) is 3. The number of hydrogen-bond donors (Lipinski definition) is 2. The molecule has 0 amide bonds. The van der Waals surface area contributed by atoms with E-state index >= 15 is 0 Å². The van der Waals surface area contributed by atoms with Crippen molar-refractivity contribution in [2.45, 2.75) is 38.3 Å². The molecular formula is C19H31FN4S. The molecule has 0 bridgehead atoms. The van der Waals surface area contributed by atoms with Gasteiger partial charge in [-0.1, -0.05) is 12.1 Å². The zero-order valence-corrected chi connectivity index (χ0v) is 16.2. The fraction of sp³-hybridized carbons (Fsp3) is 0.632. The molecule has 0 spiro atoms. The smallest absolute Gasteiger partial charge is 0.191 e. The first-order valence-corrected chi connectivity index (χ1v) is 10.5. The van der Waals surface area contributed by atoms with Crippen LogP contribution in [0.5, 0.6) is 0 Å². The molecule has 1 saturated heterocycles. The largest absolute Gasteiger partial charge is 0.356 e. The van der Waals surface area contributed by atoms with Crippen LogP contribution in [0.1, 0.15) is 31.2 Å². The highest BCUT2D eigenvalue weighted by Gasteiger charge is 2.19.